The minimum absolute atomic E-state index is 0.0934. The Morgan fingerprint density at radius 2 is 1.77 bits per heavy atom. The maximum absolute atomic E-state index is 12.4. The number of hydrogen-bond acceptors (Lipinski definition) is 6. The molecular formula is C18H21NO6S. The highest BCUT2D eigenvalue weighted by Gasteiger charge is 2.15. The number of sulfonamides is 1. The fourth-order valence-corrected chi connectivity index (χ4v) is 3.17. The van der Waals surface area contributed by atoms with Crippen LogP contribution in [0.3, 0.4) is 0 Å². The van der Waals surface area contributed by atoms with Crippen LogP contribution in [0.4, 0.5) is 0 Å². The fraction of sp³-hybridized carbons (Fsp3) is 0.278. The molecule has 1 N–H and O–H groups in total. The minimum atomic E-state index is -3.69. The fourth-order valence-electron chi connectivity index (χ4n) is 2.17. The lowest BCUT2D eigenvalue weighted by atomic mass is 10.2. The van der Waals surface area contributed by atoms with Crippen molar-refractivity contribution in [2.24, 2.45) is 0 Å². The van der Waals surface area contributed by atoms with Crippen molar-refractivity contribution in [1.29, 1.82) is 0 Å². The van der Waals surface area contributed by atoms with Gasteiger partial charge in [0, 0.05) is 12.1 Å². The van der Waals surface area contributed by atoms with Crippen molar-refractivity contribution in [3.63, 3.8) is 0 Å². The first-order valence-electron chi connectivity index (χ1n) is 7.96. The summed E-state index contributed by atoms with van der Waals surface area (Å²) in [4.78, 5) is 11.3. The van der Waals surface area contributed by atoms with Gasteiger partial charge in [-0.1, -0.05) is 18.2 Å². The normalized spacial score (nSPS) is 11.0. The summed E-state index contributed by atoms with van der Waals surface area (Å²) < 4.78 is 42.5. The van der Waals surface area contributed by atoms with Crippen molar-refractivity contribution in [1.82, 2.24) is 4.72 Å². The highest BCUT2D eigenvalue weighted by atomic mass is 32.2. The number of ether oxygens (including phenoxy) is 3. The van der Waals surface area contributed by atoms with E-state index in [0.29, 0.717) is 11.5 Å². The predicted octanol–water partition coefficient (Wildman–Crippen LogP) is 2.12. The van der Waals surface area contributed by atoms with Gasteiger partial charge in [-0.25, -0.2) is 17.9 Å². The summed E-state index contributed by atoms with van der Waals surface area (Å²) in [5.41, 5.74) is 0.730. The maximum Gasteiger partial charge on any atom is 0.344 e. The number of rotatable bonds is 9. The molecule has 0 fully saturated rings. The minimum Gasteiger partial charge on any atom is -0.496 e. The quantitative estimate of drug-likeness (QED) is 0.671. The van der Waals surface area contributed by atoms with E-state index in [1.165, 1.54) is 31.4 Å². The standard InChI is InChI=1S/C18H21NO6S/c1-3-24-18(20)13-25-15-8-10-16(11-9-15)26(21,22)19-12-14-6-4-5-7-17(14)23-2/h4-11,19H,3,12-13H2,1-2H3. The van der Waals surface area contributed by atoms with Crippen LogP contribution in [0.25, 0.3) is 0 Å². The van der Waals surface area contributed by atoms with Gasteiger partial charge in [0.05, 0.1) is 18.6 Å². The molecule has 0 spiro atoms. The van der Waals surface area contributed by atoms with Crippen molar-refractivity contribution in [3.05, 3.63) is 54.1 Å². The first kappa shape index (κ1) is 19.7. The Morgan fingerprint density at radius 1 is 1.08 bits per heavy atom. The first-order valence-corrected chi connectivity index (χ1v) is 9.44. The molecule has 0 amide bonds. The van der Waals surface area contributed by atoms with Crippen LogP contribution in [0.5, 0.6) is 11.5 Å². The van der Waals surface area contributed by atoms with Gasteiger partial charge in [0.1, 0.15) is 11.5 Å². The second-order valence-electron chi connectivity index (χ2n) is 5.20. The third-order valence-corrected chi connectivity index (χ3v) is 4.86. The number of benzene rings is 2. The Hall–Kier alpha value is -2.58. The zero-order chi connectivity index (χ0) is 19.0. The topological polar surface area (TPSA) is 90.9 Å². The van der Waals surface area contributed by atoms with Gasteiger partial charge in [-0.15, -0.1) is 0 Å². The molecule has 0 radical (unpaired) electrons. The molecule has 2 aromatic carbocycles. The maximum atomic E-state index is 12.4. The summed E-state index contributed by atoms with van der Waals surface area (Å²) >= 11 is 0. The van der Waals surface area contributed by atoms with Crippen molar-refractivity contribution >= 4 is 16.0 Å². The summed E-state index contributed by atoms with van der Waals surface area (Å²) in [7, 11) is -2.16. The second kappa shape index (κ2) is 9.21. The van der Waals surface area contributed by atoms with Gasteiger partial charge in [0.15, 0.2) is 6.61 Å². The SMILES string of the molecule is CCOC(=O)COc1ccc(S(=O)(=O)NCc2ccccc2OC)cc1. The lowest BCUT2D eigenvalue weighted by Crippen LogP contribution is -2.23. The highest BCUT2D eigenvalue weighted by molar-refractivity contribution is 7.89. The van der Waals surface area contributed by atoms with E-state index in [9.17, 15) is 13.2 Å². The van der Waals surface area contributed by atoms with Gasteiger partial charge >= 0.3 is 5.97 Å². The summed E-state index contributed by atoms with van der Waals surface area (Å²) in [6.45, 7) is 1.85. The van der Waals surface area contributed by atoms with Gasteiger partial charge in [-0.2, -0.15) is 0 Å². The van der Waals surface area contributed by atoms with Crippen molar-refractivity contribution in [2.75, 3.05) is 20.3 Å². The number of carbonyl (C=O) groups excluding carboxylic acids is 1. The molecule has 8 heteroatoms. The molecule has 0 heterocycles. The lowest BCUT2D eigenvalue weighted by Gasteiger charge is -2.11. The summed E-state index contributed by atoms with van der Waals surface area (Å²) in [5, 5.41) is 0. The van der Waals surface area contributed by atoms with Crippen LogP contribution in [0.1, 0.15) is 12.5 Å². The average Bonchev–Trinajstić information content (AvgIpc) is 2.65. The van der Waals surface area contributed by atoms with E-state index in [2.05, 4.69) is 4.72 Å². The lowest BCUT2D eigenvalue weighted by molar-refractivity contribution is -0.145. The molecule has 0 aliphatic rings. The predicted molar refractivity (Wildman–Crippen MR) is 95.6 cm³/mol. The third kappa shape index (κ3) is 5.47. The number of para-hydroxylation sites is 1. The molecular weight excluding hydrogens is 358 g/mol. The van der Waals surface area contributed by atoms with E-state index in [-0.39, 0.29) is 24.7 Å². The number of carbonyl (C=O) groups is 1. The molecule has 0 aliphatic heterocycles. The summed E-state index contributed by atoms with van der Waals surface area (Å²) in [6.07, 6.45) is 0. The van der Waals surface area contributed by atoms with Crippen LogP contribution in [0.15, 0.2) is 53.4 Å². The van der Waals surface area contributed by atoms with Crippen LogP contribution >= 0.6 is 0 Å². The van der Waals surface area contributed by atoms with Crippen LogP contribution in [-0.4, -0.2) is 34.7 Å². The van der Waals surface area contributed by atoms with Crippen molar-refractivity contribution in [3.8, 4) is 11.5 Å². The Kier molecular flexibility index (Phi) is 6.99. The van der Waals surface area contributed by atoms with E-state index in [4.69, 9.17) is 14.2 Å². The van der Waals surface area contributed by atoms with Crippen molar-refractivity contribution < 1.29 is 27.4 Å². The number of esters is 1. The summed E-state index contributed by atoms with van der Waals surface area (Å²) in [5.74, 6) is 0.502. The molecule has 0 unspecified atom stereocenters. The molecule has 7 nitrogen and oxygen atoms in total. The average molecular weight is 379 g/mol. The molecule has 0 atom stereocenters. The van der Waals surface area contributed by atoms with E-state index in [0.717, 1.165) is 5.56 Å². The van der Waals surface area contributed by atoms with E-state index >= 15 is 0 Å². The Labute approximate surface area is 152 Å². The van der Waals surface area contributed by atoms with Gasteiger partial charge in [-0.3, -0.25) is 0 Å². The van der Waals surface area contributed by atoms with Crippen LogP contribution in [0.2, 0.25) is 0 Å². The van der Waals surface area contributed by atoms with E-state index in [1.54, 1.807) is 19.1 Å². The molecule has 0 bridgehead atoms. The smallest absolute Gasteiger partial charge is 0.344 e. The Bertz CT molecular complexity index is 833. The molecule has 0 aliphatic carbocycles. The van der Waals surface area contributed by atoms with Gasteiger partial charge in [-0.05, 0) is 37.3 Å². The highest BCUT2D eigenvalue weighted by Crippen LogP contribution is 2.19. The number of methoxy groups -OCH3 is 1. The summed E-state index contributed by atoms with van der Waals surface area (Å²) in [6, 6.07) is 12.9. The molecule has 0 aromatic heterocycles. The van der Waals surface area contributed by atoms with Gasteiger partial charge < -0.3 is 14.2 Å². The largest absolute Gasteiger partial charge is 0.496 e. The monoisotopic (exact) mass is 379 g/mol. The number of nitrogens with one attached hydrogen (secondary N) is 1. The van der Waals surface area contributed by atoms with E-state index < -0.39 is 16.0 Å². The Balaban J connectivity index is 1.99. The zero-order valence-electron chi connectivity index (χ0n) is 14.6. The van der Waals surface area contributed by atoms with Crippen LogP contribution < -0.4 is 14.2 Å². The van der Waals surface area contributed by atoms with Gasteiger partial charge in [0.2, 0.25) is 10.0 Å². The van der Waals surface area contributed by atoms with Crippen LogP contribution in [-0.2, 0) is 26.1 Å². The Morgan fingerprint density at radius 3 is 2.42 bits per heavy atom. The zero-order valence-corrected chi connectivity index (χ0v) is 15.4. The molecule has 2 aromatic rings. The third-order valence-electron chi connectivity index (χ3n) is 3.44. The molecule has 26 heavy (non-hydrogen) atoms. The molecule has 2 rings (SSSR count). The second-order valence-corrected chi connectivity index (χ2v) is 6.97. The molecule has 0 saturated carbocycles. The number of hydrogen-bond donors (Lipinski definition) is 1. The van der Waals surface area contributed by atoms with E-state index in [1.807, 2.05) is 12.1 Å². The van der Waals surface area contributed by atoms with Crippen molar-refractivity contribution in [2.45, 2.75) is 18.4 Å². The van der Waals surface area contributed by atoms with Crippen LogP contribution in [0, 0.1) is 0 Å². The molecule has 140 valence electrons. The molecule has 0 saturated heterocycles. The first-order chi connectivity index (χ1) is 12.5. The van der Waals surface area contributed by atoms with Gasteiger partial charge in [0.25, 0.3) is 0 Å².